The van der Waals surface area contributed by atoms with E-state index in [0.29, 0.717) is 29.1 Å². The molecule has 0 saturated heterocycles. The van der Waals surface area contributed by atoms with E-state index in [0.717, 1.165) is 0 Å². The number of carbonyl (C=O) groups excluding carboxylic acids is 1. The van der Waals surface area contributed by atoms with Crippen molar-refractivity contribution in [2.75, 3.05) is 6.61 Å². The van der Waals surface area contributed by atoms with Gasteiger partial charge in [-0.3, -0.25) is 0 Å². The molecule has 0 saturated carbocycles. The minimum atomic E-state index is -0.415. The molecule has 0 bridgehead atoms. The normalized spacial score (nSPS) is 17.7. The van der Waals surface area contributed by atoms with Crippen LogP contribution in [0.1, 0.15) is 20.8 Å². The highest BCUT2D eigenvalue weighted by atomic mass is 16.5. The third kappa shape index (κ3) is 3.22. The van der Waals surface area contributed by atoms with Crippen molar-refractivity contribution >= 4 is 12.2 Å². The first kappa shape index (κ1) is 14.5. The maximum Gasteiger partial charge on any atom is 0.335 e. The number of nitrogens with two attached hydrogens (primary N) is 1. The van der Waals surface area contributed by atoms with E-state index >= 15 is 0 Å². The molecule has 1 rings (SSSR count). The number of nitrogens with zero attached hydrogens (tertiary/aromatic N) is 3. The lowest BCUT2D eigenvalue weighted by atomic mass is 10.1. The van der Waals surface area contributed by atoms with Gasteiger partial charge in [-0.25, -0.2) is 9.80 Å². The van der Waals surface area contributed by atoms with Gasteiger partial charge in [0.2, 0.25) is 0 Å². The van der Waals surface area contributed by atoms with Crippen LogP contribution in [0, 0.1) is 11.3 Å². The van der Waals surface area contributed by atoms with Crippen LogP contribution in [-0.4, -0.2) is 23.8 Å². The van der Waals surface area contributed by atoms with Crippen molar-refractivity contribution in [2.45, 2.75) is 20.8 Å². The van der Waals surface area contributed by atoms with Gasteiger partial charge < -0.3 is 10.5 Å². The first-order valence-electron chi connectivity index (χ1n) is 5.80. The summed E-state index contributed by atoms with van der Waals surface area (Å²) in [5.74, 6) is -0.415. The molecule has 100 valence electrons. The van der Waals surface area contributed by atoms with Gasteiger partial charge in [0.25, 0.3) is 0 Å². The molecule has 1 heterocycles. The van der Waals surface area contributed by atoms with Crippen LogP contribution in [0.2, 0.25) is 0 Å². The Labute approximate surface area is 112 Å². The molecular formula is C13H16N4O2. The molecule has 0 spiro atoms. The molecular weight excluding hydrogens is 244 g/mol. The Bertz CT molecular complexity index is 535. The quantitative estimate of drug-likeness (QED) is 0.611. The van der Waals surface area contributed by atoms with Gasteiger partial charge in [0.05, 0.1) is 35.4 Å². The van der Waals surface area contributed by atoms with Crippen molar-refractivity contribution in [3.05, 3.63) is 34.8 Å². The highest BCUT2D eigenvalue weighted by molar-refractivity contribution is 5.89. The molecule has 1 aliphatic heterocycles. The van der Waals surface area contributed by atoms with Gasteiger partial charge in [-0.05, 0) is 20.8 Å². The monoisotopic (exact) mass is 260 g/mol. The van der Waals surface area contributed by atoms with Crippen LogP contribution in [0.5, 0.6) is 0 Å². The van der Waals surface area contributed by atoms with E-state index < -0.39 is 5.97 Å². The SMILES string of the molecule is C/C=C1\C(N)=C(C#N)C=NN1/C=C(\C)C(=O)OCC. The lowest BCUT2D eigenvalue weighted by molar-refractivity contribution is -0.138. The minimum Gasteiger partial charge on any atom is -0.463 e. The number of hydrogen-bond acceptors (Lipinski definition) is 6. The fourth-order valence-corrected chi connectivity index (χ4v) is 1.47. The van der Waals surface area contributed by atoms with Crippen LogP contribution >= 0.6 is 0 Å². The number of rotatable bonds is 3. The van der Waals surface area contributed by atoms with E-state index in [1.54, 1.807) is 26.8 Å². The predicted molar refractivity (Wildman–Crippen MR) is 71.3 cm³/mol. The van der Waals surface area contributed by atoms with Crippen LogP contribution in [0.25, 0.3) is 0 Å². The van der Waals surface area contributed by atoms with Gasteiger partial charge in [-0.1, -0.05) is 6.08 Å². The molecule has 0 amide bonds. The Morgan fingerprint density at radius 3 is 2.89 bits per heavy atom. The van der Waals surface area contributed by atoms with E-state index in [-0.39, 0.29) is 0 Å². The van der Waals surface area contributed by atoms with Crippen LogP contribution in [-0.2, 0) is 9.53 Å². The highest BCUT2D eigenvalue weighted by Gasteiger charge is 2.18. The van der Waals surface area contributed by atoms with E-state index in [2.05, 4.69) is 5.10 Å². The number of carbonyl (C=O) groups is 1. The third-order valence-electron chi connectivity index (χ3n) is 2.43. The summed E-state index contributed by atoms with van der Waals surface area (Å²) in [4.78, 5) is 11.5. The number of nitriles is 1. The first-order chi connectivity index (χ1) is 9.04. The van der Waals surface area contributed by atoms with E-state index in [4.69, 9.17) is 15.7 Å². The zero-order chi connectivity index (χ0) is 14.4. The largest absolute Gasteiger partial charge is 0.463 e. The molecule has 0 fully saturated rings. The molecule has 6 heteroatoms. The second-order valence-corrected chi connectivity index (χ2v) is 3.73. The molecule has 6 nitrogen and oxygen atoms in total. The average Bonchev–Trinajstić information content (AvgIpc) is 2.39. The summed E-state index contributed by atoms with van der Waals surface area (Å²) in [6, 6.07) is 1.96. The first-order valence-corrected chi connectivity index (χ1v) is 5.80. The molecule has 0 aromatic carbocycles. The number of ether oxygens (including phenoxy) is 1. The molecule has 0 atom stereocenters. The van der Waals surface area contributed by atoms with Crippen molar-refractivity contribution in [1.82, 2.24) is 5.01 Å². The van der Waals surface area contributed by atoms with E-state index in [1.807, 2.05) is 6.07 Å². The predicted octanol–water partition coefficient (Wildman–Crippen LogP) is 1.39. The van der Waals surface area contributed by atoms with Gasteiger partial charge in [0.1, 0.15) is 6.07 Å². The van der Waals surface area contributed by atoms with Gasteiger partial charge in [-0.15, -0.1) is 0 Å². The van der Waals surface area contributed by atoms with Crippen LogP contribution in [0.15, 0.2) is 39.9 Å². The second kappa shape index (κ2) is 6.40. The summed E-state index contributed by atoms with van der Waals surface area (Å²) >= 11 is 0. The van der Waals surface area contributed by atoms with Gasteiger partial charge in [0.15, 0.2) is 0 Å². The topological polar surface area (TPSA) is 91.7 Å². The third-order valence-corrected chi connectivity index (χ3v) is 2.43. The molecule has 0 radical (unpaired) electrons. The van der Waals surface area contributed by atoms with Crippen molar-refractivity contribution < 1.29 is 9.53 Å². The fourth-order valence-electron chi connectivity index (χ4n) is 1.47. The molecule has 2 N–H and O–H groups in total. The van der Waals surface area contributed by atoms with Crippen LogP contribution in [0.3, 0.4) is 0 Å². The molecule has 0 aliphatic carbocycles. The zero-order valence-electron chi connectivity index (χ0n) is 11.2. The lowest BCUT2D eigenvalue weighted by Gasteiger charge is -2.22. The lowest BCUT2D eigenvalue weighted by Crippen LogP contribution is -2.23. The van der Waals surface area contributed by atoms with E-state index in [1.165, 1.54) is 17.4 Å². The Morgan fingerprint density at radius 1 is 1.68 bits per heavy atom. The van der Waals surface area contributed by atoms with E-state index in [9.17, 15) is 4.79 Å². The standard InChI is InChI=1S/C13H16N4O2/c1-4-11-12(15)10(6-14)7-16-17(11)8-9(3)13(18)19-5-2/h4,7-8H,5,15H2,1-3H3/b9-8+,11-4+. The smallest absolute Gasteiger partial charge is 0.335 e. The minimum absolute atomic E-state index is 0.298. The summed E-state index contributed by atoms with van der Waals surface area (Å²) in [5.41, 5.74) is 7.43. The van der Waals surface area contributed by atoms with Gasteiger partial charge in [-0.2, -0.15) is 10.4 Å². The Balaban J connectivity index is 3.03. The number of hydrazone groups is 1. The summed E-state index contributed by atoms with van der Waals surface area (Å²) in [6.45, 7) is 5.45. The second-order valence-electron chi connectivity index (χ2n) is 3.73. The van der Waals surface area contributed by atoms with Crippen molar-refractivity contribution in [1.29, 1.82) is 5.26 Å². The number of esters is 1. The van der Waals surface area contributed by atoms with Crippen molar-refractivity contribution in [2.24, 2.45) is 10.8 Å². The summed E-state index contributed by atoms with van der Waals surface area (Å²) in [5, 5.41) is 14.4. The Hall–Kier alpha value is -2.55. The van der Waals surface area contributed by atoms with Gasteiger partial charge in [0, 0.05) is 6.20 Å². The van der Waals surface area contributed by atoms with Crippen LogP contribution in [0.4, 0.5) is 0 Å². The zero-order valence-corrected chi connectivity index (χ0v) is 11.2. The van der Waals surface area contributed by atoms with Crippen molar-refractivity contribution in [3.63, 3.8) is 0 Å². The van der Waals surface area contributed by atoms with Crippen molar-refractivity contribution in [3.8, 4) is 6.07 Å². The summed E-state index contributed by atoms with van der Waals surface area (Å²) in [6.07, 6.45) is 4.60. The molecule has 1 aliphatic rings. The van der Waals surface area contributed by atoms with Crippen LogP contribution < -0.4 is 5.73 Å². The molecule has 0 aromatic heterocycles. The number of allylic oxidation sites excluding steroid dienone is 2. The summed E-state index contributed by atoms with van der Waals surface area (Å²) < 4.78 is 4.88. The maximum absolute atomic E-state index is 11.5. The Kier molecular flexibility index (Phi) is 4.89. The molecule has 19 heavy (non-hydrogen) atoms. The number of hydrogen-bond donors (Lipinski definition) is 1. The molecule has 0 unspecified atom stereocenters. The maximum atomic E-state index is 11.5. The highest BCUT2D eigenvalue weighted by Crippen LogP contribution is 2.20. The summed E-state index contributed by atoms with van der Waals surface area (Å²) in [7, 11) is 0. The molecule has 0 aromatic rings. The Morgan fingerprint density at radius 2 is 2.37 bits per heavy atom. The van der Waals surface area contributed by atoms with Gasteiger partial charge >= 0.3 is 5.97 Å². The fraction of sp³-hybridized carbons (Fsp3) is 0.308. The average molecular weight is 260 g/mol.